The molecule has 0 saturated carbocycles. The van der Waals surface area contributed by atoms with Crippen molar-refractivity contribution in [3.8, 4) is 0 Å². The summed E-state index contributed by atoms with van der Waals surface area (Å²) in [7, 11) is 1.93. The minimum Gasteiger partial charge on any atom is -0.388 e. The fraction of sp³-hybridized carbons (Fsp3) is 0.400. The molecule has 0 radical (unpaired) electrons. The summed E-state index contributed by atoms with van der Waals surface area (Å²) in [5, 5.41) is 3.09. The van der Waals surface area contributed by atoms with Gasteiger partial charge in [-0.25, -0.2) is 0 Å². The molecule has 0 aliphatic rings. The van der Waals surface area contributed by atoms with E-state index < -0.39 is 0 Å². The van der Waals surface area contributed by atoms with Gasteiger partial charge in [-0.3, -0.25) is 0 Å². The standard InChI is InChI=1S/C10H16N2/c1-12-10-6-4-9(5-7-10)3-2-8-11/h4-7,12H,2-3,8,11H2,1H3. The molecule has 2 heteroatoms. The molecule has 0 saturated heterocycles. The van der Waals surface area contributed by atoms with E-state index in [2.05, 4.69) is 29.6 Å². The summed E-state index contributed by atoms with van der Waals surface area (Å²) in [5.41, 5.74) is 7.94. The molecule has 0 bridgehead atoms. The highest BCUT2D eigenvalue weighted by molar-refractivity contribution is 5.43. The molecule has 0 unspecified atom stereocenters. The lowest BCUT2D eigenvalue weighted by molar-refractivity contribution is 0.833. The summed E-state index contributed by atoms with van der Waals surface area (Å²) in [4.78, 5) is 0. The lowest BCUT2D eigenvalue weighted by Crippen LogP contribution is -2.00. The molecule has 0 aliphatic heterocycles. The van der Waals surface area contributed by atoms with Gasteiger partial charge < -0.3 is 11.1 Å². The Morgan fingerprint density at radius 1 is 1.25 bits per heavy atom. The molecule has 12 heavy (non-hydrogen) atoms. The predicted octanol–water partition coefficient (Wildman–Crippen LogP) is 1.62. The molecular weight excluding hydrogens is 148 g/mol. The van der Waals surface area contributed by atoms with Gasteiger partial charge >= 0.3 is 0 Å². The molecule has 66 valence electrons. The van der Waals surface area contributed by atoms with E-state index in [0.29, 0.717) is 0 Å². The van der Waals surface area contributed by atoms with E-state index >= 15 is 0 Å². The van der Waals surface area contributed by atoms with Crippen LogP contribution in [0.15, 0.2) is 24.3 Å². The molecule has 0 aromatic heterocycles. The van der Waals surface area contributed by atoms with Crippen LogP contribution in [0.3, 0.4) is 0 Å². The van der Waals surface area contributed by atoms with Crippen LogP contribution in [-0.2, 0) is 6.42 Å². The van der Waals surface area contributed by atoms with Gasteiger partial charge in [-0.2, -0.15) is 0 Å². The number of rotatable bonds is 4. The molecule has 0 aliphatic carbocycles. The van der Waals surface area contributed by atoms with Gasteiger partial charge in [0.1, 0.15) is 0 Å². The highest BCUT2D eigenvalue weighted by Gasteiger charge is 1.91. The van der Waals surface area contributed by atoms with Crippen molar-refractivity contribution in [1.29, 1.82) is 0 Å². The van der Waals surface area contributed by atoms with E-state index in [1.165, 1.54) is 5.56 Å². The fourth-order valence-electron chi connectivity index (χ4n) is 1.14. The molecule has 1 rings (SSSR count). The van der Waals surface area contributed by atoms with E-state index in [4.69, 9.17) is 5.73 Å². The van der Waals surface area contributed by atoms with Gasteiger partial charge in [0.25, 0.3) is 0 Å². The number of benzene rings is 1. The first-order chi connectivity index (χ1) is 5.86. The van der Waals surface area contributed by atoms with Crippen molar-refractivity contribution < 1.29 is 0 Å². The fourth-order valence-corrected chi connectivity index (χ4v) is 1.14. The maximum absolute atomic E-state index is 5.42. The van der Waals surface area contributed by atoms with Gasteiger partial charge in [-0.1, -0.05) is 12.1 Å². The summed E-state index contributed by atoms with van der Waals surface area (Å²) in [6, 6.07) is 8.46. The Morgan fingerprint density at radius 2 is 1.92 bits per heavy atom. The third-order valence-electron chi connectivity index (χ3n) is 1.91. The number of hydrogen-bond acceptors (Lipinski definition) is 2. The number of anilines is 1. The minimum absolute atomic E-state index is 0.772. The largest absolute Gasteiger partial charge is 0.388 e. The van der Waals surface area contributed by atoms with Gasteiger partial charge in [0, 0.05) is 12.7 Å². The summed E-state index contributed by atoms with van der Waals surface area (Å²) < 4.78 is 0. The Hall–Kier alpha value is -1.02. The maximum Gasteiger partial charge on any atom is 0.0337 e. The number of hydrogen-bond donors (Lipinski definition) is 2. The molecule has 0 amide bonds. The van der Waals surface area contributed by atoms with Crippen LogP contribution in [0.2, 0.25) is 0 Å². The minimum atomic E-state index is 0.772. The summed E-state index contributed by atoms with van der Waals surface area (Å²) in [5.74, 6) is 0. The summed E-state index contributed by atoms with van der Waals surface area (Å²) >= 11 is 0. The van der Waals surface area contributed by atoms with Crippen molar-refractivity contribution in [3.63, 3.8) is 0 Å². The van der Waals surface area contributed by atoms with Crippen LogP contribution in [-0.4, -0.2) is 13.6 Å². The van der Waals surface area contributed by atoms with Crippen LogP contribution in [0.25, 0.3) is 0 Å². The Kier molecular flexibility index (Phi) is 3.61. The second-order valence-electron chi connectivity index (χ2n) is 2.84. The molecule has 2 nitrogen and oxygen atoms in total. The van der Waals surface area contributed by atoms with Crippen molar-refractivity contribution in [2.24, 2.45) is 5.73 Å². The van der Waals surface area contributed by atoms with Gasteiger partial charge in [-0.05, 0) is 37.1 Å². The summed E-state index contributed by atoms with van der Waals surface area (Å²) in [6.45, 7) is 0.772. The Morgan fingerprint density at radius 3 is 2.42 bits per heavy atom. The van der Waals surface area contributed by atoms with Gasteiger partial charge in [-0.15, -0.1) is 0 Å². The van der Waals surface area contributed by atoms with Crippen molar-refractivity contribution in [2.75, 3.05) is 18.9 Å². The third-order valence-corrected chi connectivity index (χ3v) is 1.91. The highest BCUT2D eigenvalue weighted by Crippen LogP contribution is 2.09. The van der Waals surface area contributed by atoms with Gasteiger partial charge in [0.05, 0.1) is 0 Å². The third kappa shape index (κ3) is 2.55. The average Bonchev–Trinajstić information content (AvgIpc) is 2.15. The Labute approximate surface area is 73.8 Å². The van der Waals surface area contributed by atoms with E-state index in [-0.39, 0.29) is 0 Å². The van der Waals surface area contributed by atoms with Crippen LogP contribution in [0.1, 0.15) is 12.0 Å². The zero-order valence-corrected chi connectivity index (χ0v) is 7.51. The maximum atomic E-state index is 5.42. The highest BCUT2D eigenvalue weighted by atomic mass is 14.8. The summed E-state index contributed by atoms with van der Waals surface area (Å²) in [6.07, 6.45) is 2.15. The lowest BCUT2D eigenvalue weighted by Gasteiger charge is -2.02. The van der Waals surface area contributed by atoms with Crippen LogP contribution < -0.4 is 11.1 Å². The van der Waals surface area contributed by atoms with E-state index in [0.717, 1.165) is 25.1 Å². The molecule has 0 fully saturated rings. The van der Waals surface area contributed by atoms with Gasteiger partial charge in [0.2, 0.25) is 0 Å². The van der Waals surface area contributed by atoms with E-state index in [1.807, 2.05) is 7.05 Å². The zero-order chi connectivity index (χ0) is 8.81. The lowest BCUT2D eigenvalue weighted by atomic mass is 10.1. The number of nitrogens with one attached hydrogen (secondary N) is 1. The first kappa shape index (κ1) is 9.07. The number of nitrogens with two attached hydrogens (primary N) is 1. The zero-order valence-electron chi connectivity index (χ0n) is 7.51. The first-order valence-electron chi connectivity index (χ1n) is 4.33. The quantitative estimate of drug-likeness (QED) is 0.709. The Balaban J connectivity index is 2.53. The van der Waals surface area contributed by atoms with E-state index in [1.54, 1.807) is 0 Å². The molecule has 0 heterocycles. The molecule has 1 aromatic rings. The Bertz CT molecular complexity index is 216. The van der Waals surface area contributed by atoms with Crippen molar-refractivity contribution >= 4 is 5.69 Å². The average molecular weight is 164 g/mol. The number of aryl methyl sites for hydroxylation is 1. The van der Waals surface area contributed by atoms with Gasteiger partial charge in [0.15, 0.2) is 0 Å². The van der Waals surface area contributed by atoms with E-state index in [9.17, 15) is 0 Å². The SMILES string of the molecule is CNc1ccc(CCCN)cc1. The van der Waals surface area contributed by atoms with Crippen molar-refractivity contribution in [2.45, 2.75) is 12.8 Å². The first-order valence-corrected chi connectivity index (χ1v) is 4.33. The van der Waals surface area contributed by atoms with Crippen molar-refractivity contribution in [1.82, 2.24) is 0 Å². The van der Waals surface area contributed by atoms with Crippen LogP contribution in [0, 0.1) is 0 Å². The normalized spacial score (nSPS) is 9.83. The molecular formula is C10H16N2. The molecule has 0 atom stereocenters. The van der Waals surface area contributed by atoms with Crippen LogP contribution in [0.4, 0.5) is 5.69 Å². The monoisotopic (exact) mass is 164 g/mol. The second kappa shape index (κ2) is 4.78. The second-order valence-corrected chi connectivity index (χ2v) is 2.84. The molecule has 0 spiro atoms. The van der Waals surface area contributed by atoms with Crippen LogP contribution >= 0.6 is 0 Å². The predicted molar refractivity (Wildman–Crippen MR) is 53.4 cm³/mol. The molecule has 3 N–H and O–H groups in total. The molecule has 1 aromatic carbocycles. The van der Waals surface area contributed by atoms with Crippen LogP contribution in [0.5, 0.6) is 0 Å². The topological polar surface area (TPSA) is 38.0 Å². The smallest absolute Gasteiger partial charge is 0.0337 e. The van der Waals surface area contributed by atoms with Crippen molar-refractivity contribution in [3.05, 3.63) is 29.8 Å².